The Morgan fingerprint density at radius 2 is 1.75 bits per heavy atom. The van der Waals surface area contributed by atoms with E-state index in [0.29, 0.717) is 24.2 Å². The first-order valence-corrected chi connectivity index (χ1v) is 9.68. The molecule has 4 nitrogen and oxygen atoms in total. The van der Waals surface area contributed by atoms with Gasteiger partial charge in [-0.1, -0.05) is 44.2 Å². The van der Waals surface area contributed by atoms with Crippen LogP contribution >= 0.6 is 0 Å². The van der Waals surface area contributed by atoms with E-state index < -0.39 is 23.9 Å². The highest BCUT2D eigenvalue weighted by Gasteiger charge is 2.64. The fourth-order valence-corrected chi connectivity index (χ4v) is 5.10. The second kappa shape index (κ2) is 7.67. The highest BCUT2D eigenvalue weighted by atomic mass is 19.4. The first-order chi connectivity index (χ1) is 13.1. The Hall–Kier alpha value is -1.60. The maximum Gasteiger partial charge on any atom is 0.432 e. The minimum absolute atomic E-state index is 0.00212. The number of halogens is 3. The van der Waals surface area contributed by atoms with E-state index >= 15 is 0 Å². The van der Waals surface area contributed by atoms with Gasteiger partial charge >= 0.3 is 12.1 Å². The third kappa shape index (κ3) is 3.43. The summed E-state index contributed by atoms with van der Waals surface area (Å²) in [6.45, 7) is 5.95. The van der Waals surface area contributed by atoms with Crippen molar-refractivity contribution in [3.63, 3.8) is 0 Å². The molecule has 0 aromatic heterocycles. The van der Waals surface area contributed by atoms with Crippen LogP contribution < -0.4 is 0 Å². The van der Waals surface area contributed by atoms with E-state index in [1.54, 1.807) is 6.07 Å². The van der Waals surface area contributed by atoms with Crippen molar-refractivity contribution in [2.24, 2.45) is 23.7 Å². The molecule has 0 bridgehead atoms. The number of benzene rings is 1. The van der Waals surface area contributed by atoms with Gasteiger partial charge in [0.15, 0.2) is 0 Å². The number of carbonyl (C=O) groups excluding carboxylic acids is 1. The lowest BCUT2D eigenvalue weighted by Crippen LogP contribution is -2.52. The number of alkyl halides is 3. The zero-order valence-corrected chi connectivity index (χ0v) is 16.7. The molecule has 1 aliphatic heterocycles. The number of rotatable bonds is 4. The van der Waals surface area contributed by atoms with Gasteiger partial charge in [0.1, 0.15) is 6.10 Å². The zero-order valence-electron chi connectivity index (χ0n) is 16.7. The summed E-state index contributed by atoms with van der Waals surface area (Å²) in [5.74, 6) is -0.309. The van der Waals surface area contributed by atoms with Gasteiger partial charge in [0.25, 0.3) is 5.60 Å². The first kappa shape index (κ1) is 21.1. The minimum Gasteiger partial charge on any atom is -0.459 e. The molecule has 3 rings (SSSR count). The molecular formula is C21H28F3NO3. The van der Waals surface area contributed by atoms with Crippen molar-refractivity contribution in [2.45, 2.75) is 38.1 Å². The van der Waals surface area contributed by atoms with Crippen molar-refractivity contribution in [3.05, 3.63) is 35.9 Å². The van der Waals surface area contributed by atoms with Crippen LogP contribution in [0.3, 0.4) is 0 Å². The van der Waals surface area contributed by atoms with Crippen LogP contribution in [0.2, 0.25) is 0 Å². The van der Waals surface area contributed by atoms with Gasteiger partial charge in [-0.2, -0.15) is 13.2 Å². The van der Waals surface area contributed by atoms with E-state index in [9.17, 15) is 18.0 Å². The third-order valence-electron chi connectivity index (χ3n) is 6.60. The van der Waals surface area contributed by atoms with E-state index in [2.05, 4.69) is 11.8 Å². The molecule has 2 aliphatic rings. The van der Waals surface area contributed by atoms with Gasteiger partial charge < -0.3 is 14.4 Å². The van der Waals surface area contributed by atoms with Crippen LogP contribution in [0.1, 0.15) is 25.8 Å². The third-order valence-corrected chi connectivity index (χ3v) is 6.60. The Labute approximate surface area is 164 Å². The monoisotopic (exact) mass is 399 g/mol. The van der Waals surface area contributed by atoms with Crippen LogP contribution in [0.25, 0.3) is 0 Å². The smallest absolute Gasteiger partial charge is 0.432 e. The summed E-state index contributed by atoms with van der Waals surface area (Å²) in [6.07, 6.45) is -4.89. The molecule has 0 N–H and O–H groups in total. The Balaban J connectivity index is 1.87. The lowest BCUT2D eigenvalue weighted by Gasteiger charge is -2.38. The van der Waals surface area contributed by atoms with Gasteiger partial charge in [-0.3, -0.25) is 0 Å². The highest BCUT2D eigenvalue weighted by Crippen LogP contribution is 2.48. The quantitative estimate of drug-likeness (QED) is 0.721. The number of hydrogen-bond donors (Lipinski definition) is 0. The number of methoxy groups -OCH3 is 1. The summed E-state index contributed by atoms with van der Waals surface area (Å²) in [5, 5.41) is 0. The van der Waals surface area contributed by atoms with Gasteiger partial charge in [-0.25, -0.2) is 4.79 Å². The van der Waals surface area contributed by atoms with Crippen LogP contribution in [0.4, 0.5) is 13.2 Å². The molecule has 6 atom stereocenters. The number of ether oxygens (including phenoxy) is 2. The van der Waals surface area contributed by atoms with E-state index in [0.717, 1.165) is 20.2 Å². The fourth-order valence-electron chi connectivity index (χ4n) is 5.10. The van der Waals surface area contributed by atoms with Crippen molar-refractivity contribution in [3.8, 4) is 0 Å². The molecular weight excluding hydrogens is 371 g/mol. The van der Waals surface area contributed by atoms with E-state index in [1.807, 2.05) is 14.0 Å². The molecule has 0 radical (unpaired) electrons. The molecule has 156 valence electrons. The van der Waals surface area contributed by atoms with E-state index in [4.69, 9.17) is 9.47 Å². The molecule has 7 heteroatoms. The largest absolute Gasteiger partial charge is 0.459 e. The lowest BCUT2D eigenvalue weighted by molar-refractivity contribution is -0.278. The molecule has 1 heterocycles. The Morgan fingerprint density at radius 3 is 2.32 bits per heavy atom. The van der Waals surface area contributed by atoms with Gasteiger partial charge in [0.05, 0.1) is 0 Å². The minimum atomic E-state index is -4.94. The fraction of sp³-hybridized carbons (Fsp3) is 0.667. The molecule has 1 saturated carbocycles. The average Bonchev–Trinajstić information content (AvgIpc) is 2.92. The summed E-state index contributed by atoms with van der Waals surface area (Å²) in [4.78, 5) is 15.2. The topological polar surface area (TPSA) is 38.8 Å². The van der Waals surface area contributed by atoms with Crippen LogP contribution in [-0.2, 0) is 19.9 Å². The highest BCUT2D eigenvalue weighted by molar-refractivity contribution is 5.83. The SMILES string of the molecule is CO[C@](C(=O)O[C@@H]1C[C@@H]2[C@@H](CN(C)C[C@@H]2C)[C@@H]1C)(c1ccccc1)C(F)(F)F. The number of carbonyl (C=O) groups is 1. The predicted octanol–water partition coefficient (Wildman–Crippen LogP) is 3.86. The van der Waals surface area contributed by atoms with Gasteiger partial charge in [0.2, 0.25) is 0 Å². The summed E-state index contributed by atoms with van der Waals surface area (Å²) >= 11 is 0. The zero-order chi connectivity index (χ0) is 20.7. The molecule has 0 spiro atoms. The van der Waals surface area contributed by atoms with Crippen molar-refractivity contribution in [1.82, 2.24) is 4.90 Å². The van der Waals surface area contributed by atoms with Gasteiger partial charge in [0, 0.05) is 25.8 Å². The maximum absolute atomic E-state index is 14.1. The van der Waals surface area contributed by atoms with Gasteiger partial charge in [-0.15, -0.1) is 0 Å². The van der Waals surface area contributed by atoms with Crippen molar-refractivity contribution < 1.29 is 27.4 Å². The summed E-state index contributed by atoms with van der Waals surface area (Å²) in [7, 11) is 2.95. The summed E-state index contributed by atoms with van der Waals surface area (Å²) in [6, 6.07) is 6.98. The van der Waals surface area contributed by atoms with Gasteiger partial charge in [-0.05, 0) is 37.1 Å². The number of nitrogens with zero attached hydrogens (tertiary/aromatic N) is 1. The molecule has 2 fully saturated rings. The Kier molecular flexibility index (Phi) is 5.79. The molecule has 0 unspecified atom stereocenters. The van der Waals surface area contributed by atoms with Crippen LogP contribution in [0.15, 0.2) is 30.3 Å². The van der Waals surface area contributed by atoms with Crippen molar-refractivity contribution in [2.75, 3.05) is 27.2 Å². The second-order valence-corrected chi connectivity index (χ2v) is 8.31. The van der Waals surface area contributed by atoms with Crippen LogP contribution in [0.5, 0.6) is 0 Å². The van der Waals surface area contributed by atoms with Crippen molar-refractivity contribution in [1.29, 1.82) is 0 Å². The molecule has 1 aliphatic carbocycles. The molecule has 1 aromatic carbocycles. The predicted molar refractivity (Wildman–Crippen MR) is 98.5 cm³/mol. The number of piperidine rings is 1. The second-order valence-electron chi connectivity index (χ2n) is 8.31. The average molecular weight is 399 g/mol. The number of fused-ring (bicyclic) bond motifs is 1. The van der Waals surface area contributed by atoms with E-state index in [-0.39, 0.29) is 11.5 Å². The molecule has 1 aromatic rings. The number of likely N-dealkylation sites (tertiary alicyclic amines) is 1. The molecule has 28 heavy (non-hydrogen) atoms. The molecule has 0 amide bonds. The number of hydrogen-bond acceptors (Lipinski definition) is 4. The number of esters is 1. The Bertz CT molecular complexity index is 696. The standard InChI is InChI=1S/C21H28F3NO3/c1-13-11-25(3)12-17-14(2)18(10-16(13)17)28-19(26)20(27-4,21(22,23)24)15-8-6-5-7-9-15/h5-9,13-14,16-18H,10-12H2,1-4H3/t13-,14-,16-,17-,18+,20-/m0/s1. The van der Waals surface area contributed by atoms with Crippen LogP contribution in [-0.4, -0.2) is 50.4 Å². The molecule has 1 saturated heterocycles. The van der Waals surface area contributed by atoms with Crippen molar-refractivity contribution >= 4 is 5.97 Å². The summed E-state index contributed by atoms with van der Waals surface area (Å²) in [5.41, 5.74) is -3.39. The van der Waals surface area contributed by atoms with E-state index in [1.165, 1.54) is 24.3 Å². The Morgan fingerprint density at radius 1 is 1.11 bits per heavy atom. The maximum atomic E-state index is 14.1. The summed E-state index contributed by atoms with van der Waals surface area (Å²) < 4.78 is 52.6. The first-order valence-electron chi connectivity index (χ1n) is 9.68. The van der Waals surface area contributed by atoms with Crippen LogP contribution in [0, 0.1) is 23.7 Å². The lowest BCUT2D eigenvalue weighted by atomic mass is 9.79. The normalized spacial score (nSPS) is 33.2.